The lowest BCUT2D eigenvalue weighted by Gasteiger charge is -2.16. The van der Waals surface area contributed by atoms with E-state index in [1.807, 2.05) is 18.2 Å². The van der Waals surface area contributed by atoms with Crippen molar-refractivity contribution in [2.75, 3.05) is 26.8 Å². The molecule has 0 heterocycles. The van der Waals surface area contributed by atoms with Gasteiger partial charge in [0.2, 0.25) is 0 Å². The molecule has 0 fully saturated rings. The maximum Gasteiger partial charge on any atom is 0.0587 e. The predicted molar refractivity (Wildman–Crippen MR) is 58.1 cm³/mol. The number of nitrogens with two attached hydrogens (primary N) is 1. The highest BCUT2D eigenvalue weighted by Gasteiger charge is 2.06. The van der Waals surface area contributed by atoms with Crippen LogP contribution in [0.4, 0.5) is 0 Å². The van der Waals surface area contributed by atoms with Gasteiger partial charge in [-0.1, -0.05) is 30.3 Å². The van der Waals surface area contributed by atoms with Crippen LogP contribution in [0.15, 0.2) is 30.3 Å². The van der Waals surface area contributed by atoms with Gasteiger partial charge in [-0.15, -0.1) is 0 Å². The Kier molecular flexibility index (Phi) is 5.22. The highest BCUT2D eigenvalue weighted by Crippen LogP contribution is 2.09. The van der Waals surface area contributed by atoms with Crippen molar-refractivity contribution in [2.45, 2.75) is 6.04 Å². The Bertz CT molecular complexity index is 238. The summed E-state index contributed by atoms with van der Waals surface area (Å²) in [5, 5.41) is 3.34. The molecule has 0 spiro atoms. The quantitative estimate of drug-likeness (QED) is 0.662. The Morgan fingerprint density at radius 3 is 2.64 bits per heavy atom. The molecule has 0 bridgehead atoms. The van der Waals surface area contributed by atoms with E-state index in [1.54, 1.807) is 7.11 Å². The molecule has 0 amide bonds. The van der Waals surface area contributed by atoms with E-state index in [2.05, 4.69) is 17.4 Å². The molecule has 0 radical (unpaired) electrons. The Morgan fingerprint density at radius 1 is 1.36 bits per heavy atom. The molecule has 3 heteroatoms. The molecule has 78 valence electrons. The third-order valence-electron chi connectivity index (χ3n) is 2.13. The molecule has 1 aromatic rings. The molecule has 3 N–H and O–H groups in total. The first-order valence-corrected chi connectivity index (χ1v) is 4.86. The van der Waals surface area contributed by atoms with Crippen LogP contribution >= 0.6 is 0 Å². The lowest BCUT2D eigenvalue weighted by Crippen LogP contribution is -2.30. The van der Waals surface area contributed by atoms with Gasteiger partial charge in [-0.2, -0.15) is 0 Å². The number of hydrogen-bond acceptors (Lipinski definition) is 3. The second kappa shape index (κ2) is 6.54. The van der Waals surface area contributed by atoms with Gasteiger partial charge < -0.3 is 15.8 Å². The van der Waals surface area contributed by atoms with Gasteiger partial charge in [0.1, 0.15) is 0 Å². The van der Waals surface area contributed by atoms with Gasteiger partial charge in [-0.05, 0) is 5.56 Å². The first kappa shape index (κ1) is 11.2. The highest BCUT2D eigenvalue weighted by atomic mass is 16.5. The van der Waals surface area contributed by atoms with Crippen molar-refractivity contribution in [3.8, 4) is 0 Å². The van der Waals surface area contributed by atoms with Crippen molar-refractivity contribution < 1.29 is 4.74 Å². The summed E-state index contributed by atoms with van der Waals surface area (Å²) < 4.78 is 4.97. The molecular weight excluding hydrogens is 176 g/mol. The fourth-order valence-electron chi connectivity index (χ4n) is 1.36. The topological polar surface area (TPSA) is 47.3 Å². The van der Waals surface area contributed by atoms with Crippen LogP contribution in [0.25, 0.3) is 0 Å². The summed E-state index contributed by atoms with van der Waals surface area (Å²) in [5.74, 6) is 0. The van der Waals surface area contributed by atoms with Crippen LogP contribution in [0.1, 0.15) is 11.6 Å². The summed E-state index contributed by atoms with van der Waals surface area (Å²) in [6.07, 6.45) is 0. The van der Waals surface area contributed by atoms with Gasteiger partial charge in [-0.3, -0.25) is 0 Å². The van der Waals surface area contributed by atoms with Gasteiger partial charge in [0, 0.05) is 26.2 Å². The number of rotatable bonds is 6. The van der Waals surface area contributed by atoms with Crippen LogP contribution in [0.5, 0.6) is 0 Å². The molecule has 0 aliphatic rings. The molecule has 1 atom stereocenters. The standard InChI is InChI=1S/C11H18N2O/c1-14-8-7-13-11(9-12)10-5-3-2-4-6-10/h2-6,11,13H,7-9,12H2,1H3. The maximum atomic E-state index is 5.68. The second-order valence-corrected chi connectivity index (χ2v) is 3.15. The Hall–Kier alpha value is -0.900. The van der Waals surface area contributed by atoms with Crippen LogP contribution < -0.4 is 11.1 Å². The molecule has 0 aromatic heterocycles. The monoisotopic (exact) mass is 194 g/mol. The zero-order valence-corrected chi connectivity index (χ0v) is 8.57. The molecule has 1 aromatic carbocycles. The van der Waals surface area contributed by atoms with E-state index in [4.69, 9.17) is 10.5 Å². The minimum absolute atomic E-state index is 0.228. The van der Waals surface area contributed by atoms with Crippen molar-refractivity contribution in [2.24, 2.45) is 5.73 Å². The zero-order chi connectivity index (χ0) is 10.2. The molecule has 3 nitrogen and oxygen atoms in total. The predicted octanol–water partition coefficient (Wildman–Crippen LogP) is 0.922. The minimum atomic E-state index is 0.228. The van der Waals surface area contributed by atoms with E-state index >= 15 is 0 Å². The molecule has 0 saturated heterocycles. The van der Waals surface area contributed by atoms with Crippen molar-refractivity contribution in [3.05, 3.63) is 35.9 Å². The fraction of sp³-hybridized carbons (Fsp3) is 0.455. The first-order chi connectivity index (χ1) is 6.88. The van der Waals surface area contributed by atoms with Crippen LogP contribution in [-0.2, 0) is 4.74 Å². The van der Waals surface area contributed by atoms with E-state index in [0.29, 0.717) is 13.2 Å². The van der Waals surface area contributed by atoms with Crippen molar-refractivity contribution >= 4 is 0 Å². The molecule has 0 saturated carbocycles. The van der Waals surface area contributed by atoms with Crippen LogP contribution in [0.3, 0.4) is 0 Å². The van der Waals surface area contributed by atoms with Gasteiger partial charge in [0.05, 0.1) is 6.61 Å². The number of hydrogen-bond donors (Lipinski definition) is 2. The molecule has 0 aliphatic carbocycles. The number of ether oxygens (including phenoxy) is 1. The van der Waals surface area contributed by atoms with Crippen LogP contribution in [-0.4, -0.2) is 26.8 Å². The molecule has 1 rings (SSSR count). The molecule has 14 heavy (non-hydrogen) atoms. The molecule has 1 unspecified atom stereocenters. The van der Waals surface area contributed by atoms with Crippen molar-refractivity contribution in [1.29, 1.82) is 0 Å². The van der Waals surface area contributed by atoms with Crippen molar-refractivity contribution in [3.63, 3.8) is 0 Å². The number of benzene rings is 1. The van der Waals surface area contributed by atoms with Crippen LogP contribution in [0.2, 0.25) is 0 Å². The summed E-state index contributed by atoms with van der Waals surface area (Å²) in [4.78, 5) is 0. The van der Waals surface area contributed by atoms with Crippen LogP contribution in [0, 0.1) is 0 Å². The summed E-state index contributed by atoms with van der Waals surface area (Å²) in [6, 6.07) is 10.4. The SMILES string of the molecule is COCCNC(CN)c1ccccc1. The summed E-state index contributed by atoms with van der Waals surface area (Å²) in [6.45, 7) is 2.14. The summed E-state index contributed by atoms with van der Waals surface area (Å²) in [7, 11) is 1.70. The second-order valence-electron chi connectivity index (χ2n) is 3.15. The molecular formula is C11H18N2O. The van der Waals surface area contributed by atoms with Crippen molar-refractivity contribution in [1.82, 2.24) is 5.32 Å². The Balaban J connectivity index is 2.46. The average Bonchev–Trinajstić information content (AvgIpc) is 2.26. The summed E-state index contributed by atoms with van der Waals surface area (Å²) in [5.41, 5.74) is 6.91. The third-order valence-corrected chi connectivity index (χ3v) is 2.13. The van der Waals surface area contributed by atoms with Gasteiger partial charge in [-0.25, -0.2) is 0 Å². The third kappa shape index (κ3) is 3.46. The first-order valence-electron chi connectivity index (χ1n) is 4.86. The Morgan fingerprint density at radius 2 is 2.07 bits per heavy atom. The van der Waals surface area contributed by atoms with E-state index in [9.17, 15) is 0 Å². The lowest BCUT2D eigenvalue weighted by molar-refractivity contribution is 0.196. The summed E-state index contributed by atoms with van der Waals surface area (Å²) >= 11 is 0. The van der Waals surface area contributed by atoms with E-state index < -0.39 is 0 Å². The lowest BCUT2D eigenvalue weighted by atomic mass is 10.1. The van der Waals surface area contributed by atoms with E-state index in [-0.39, 0.29) is 6.04 Å². The highest BCUT2D eigenvalue weighted by molar-refractivity contribution is 5.19. The molecule has 0 aliphatic heterocycles. The zero-order valence-electron chi connectivity index (χ0n) is 8.57. The normalized spacial score (nSPS) is 12.7. The largest absolute Gasteiger partial charge is 0.383 e. The number of methoxy groups -OCH3 is 1. The van der Waals surface area contributed by atoms with E-state index in [0.717, 1.165) is 6.54 Å². The van der Waals surface area contributed by atoms with Gasteiger partial charge in [0.25, 0.3) is 0 Å². The minimum Gasteiger partial charge on any atom is -0.383 e. The maximum absolute atomic E-state index is 5.68. The van der Waals surface area contributed by atoms with Gasteiger partial charge in [0.15, 0.2) is 0 Å². The smallest absolute Gasteiger partial charge is 0.0587 e. The fourth-order valence-corrected chi connectivity index (χ4v) is 1.36. The van der Waals surface area contributed by atoms with Gasteiger partial charge >= 0.3 is 0 Å². The van der Waals surface area contributed by atoms with E-state index in [1.165, 1.54) is 5.56 Å². The number of nitrogens with one attached hydrogen (secondary N) is 1. The Labute approximate surface area is 85.3 Å². The average molecular weight is 194 g/mol.